The summed E-state index contributed by atoms with van der Waals surface area (Å²) in [7, 11) is 0. The van der Waals surface area contributed by atoms with Crippen molar-refractivity contribution >= 4 is 11.6 Å². The summed E-state index contributed by atoms with van der Waals surface area (Å²) >= 11 is 5.80. The molecule has 0 aromatic heterocycles. The van der Waals surface area contributed by atoms with Crippen LogP contribution in [0.1, 0.15) is 18.4 Å². The minimum Gasteiger partial charge on any atom is -0.374 e. The number of benzene rings is 1. The van der Waals surface area contributed by atoms with E-state index in [0.717, 1.165) is 24.4 Å². The SMILES string of the molecule is NC[C@H]1C[C@H](OCc2ccc(Cl)cc2)C1. The van der Waals surface area contributed by atoms with Gasteiger partial charge in [0.15, 0.2) is 0 Å². The first kappa shape index (κ1) is 10.9. The van der Waals surface area contributed by atoms with E-state index in [-0.39, 0.29) is 0 Å². The van der Waals surface area contributed by atoms with Gasteiger partial charge < -0.3 is 10.5 Å². The zero-order valence-corrected chi connectivity index (χ0v) is 9.41. The first-order valence-electron chi connectivity index (χ1n) is 5.34. The van der Waals surface area contributed by atoms with Crippen LogP contribution in [0.25, 0.3) is 0 Å². The highest BCUT2D eigenvalue weighted by molar-refractivity contribution is 6.30. The quantitative estimate of drug-likeness (QED) is 0.855. The molecule has 1 fully saturated rings. The fraction of sp³-hybridized carbons (Fsp3) is 0.500. The number of nitrogens with two attached hydrogens (primary N) is 1. The highest BCUT2D eigenvalue weighted by Crippen LogP contribution is 2.29. The van der Waals surface area contributed by atoms with Crippen LogP contribution in [0.4, 0.5) is 0 Å². The van der Waals surface area contributed by atoms with Crippen molar-refractivity contribution in [2.75, 3.05) is 6.54 Å². The summed E-state index contributed by atoms with van der Waals surface area (Å²) in [5.41, 5.74) is 6.73. The summed E-state index contributed by atoms with van der Waals surface area (Å²) in [5, 5.41) is 0.769. The molecule has 0 amide bonds. The Kier molecular flexibility index (Phi) is 3.62. The molecule has 2 rings (SSSR count). The van der Waals surface area contributed by atoms with Gasteiger partial charge in [0.05, 0.1) is 12.7 Å². The van der Waals surface area contributed by atoms with Gasteiger partial charge in [0.2, 0.25) is 0 Å². The summed E-state index contributed by atoms with van der Waals surface area (Å²) in [6, 6.07) is 7.79. The average molecular weight is 226 g/mol. The molecule has 3 heteroatoms. The minimum atomic E-state index is 0.411. The molecule has 82 valence electrons. The van der Waals surface area contributed by atoms with Crippen molar-refractivity contribution in [1.82, 2.24) is 0 Å². The highest BCUT2D eigenvalue weighted by Gasteiger charge is 2.28. The second-order valence-electron chi connectivity index (χ2n) is 4.13. The average Bonchev–Trinajstić information content (AvgIpc) is 2.19. The maximum atomic E-state index is 5.80. The van der Waals surface area contributed by atoms with Gasteiger partial charge in [0.25, 0.3) is 0 Å². The van der Waals surface area contributed by atoms with Crippen molar-refractivity contribution in [3.63, 3.8) is 0 Å². The van der Waals surface area contributed by atoms with E-state index in [1.807, 2.05) is 24.3 Å². The van der Waals surface area contributed by atoms with Crippen LogP contribution >= 0.6 is 11.6 Å². The maximum absolute atomic E-state index is 5.80. The molecule has 0 aliphatic heterocycles. The second-order valence-corrected chi connectivity index (χ2v) is 4.57. The Morgan fingerprint density at radius 3 is 2.53 bits per heavy atom. The molecule has 1 aliphatic carbocycles. The van der Waals surface area contributed by atoms with Crippen LogP contribution < -0.4 is 5.73 Å². The third kappa shape index (κ3) is 2.94. The van der Waals surface area contributed by atoms with E-state index < -0.39 is 0 Å². The molecule has 0 heterocycles. The monoisotopic (exact) mass is 225 g/mol. The molecule has 0 spiro atoms. The van der Waals surface area contributed by atoms with Crippen LogP contribution in [-0.2, 0) is 11.3 Å². The molecule has 1 aromatic carbocycles. The molecule has 0 saturated heterocycles. The van der Waals surface area contributed by atoms with Gasteiger partial charge in [-0.2, -0.15) is 0 Å². The largest absolute Gasteiger partial charge is 0.374 e. The predicted molar refractivity (Wildman–Crippen MR) is 61.8 cm³/mol. The molecule has 0 unspecified atom stereocenters. The van der Waals surface area contributed by atoms with E-state index in [1.54, 1.807) is 0 Å². The number of ether oxygens (including phenoxy) is 1. The third-order valence-electron chi connectivity index (χ3n) is 2.92. The summed E-state index contributed by atoms with van der Waals surface area (Å²) in [6.45, 7) is 1.47. The number of hydrogen-bond acceptors (Lipinski definition) is 2. The van der Waals surface area contributed by atoms with E-state index in [2.05, 4.69) is 0 Å². The van der Waals surface area contributed by atoms with Gasteiger partial charge in [-0.1, -0.05) is 23.7 Å². The summed E-state index contributed by atoms with van der Waals surface area (Å²) in [6.07, 6.45) is 2.64. The van der Waals surface area contributed by atoms with Crippen LogP contribution in [0.3, 0.4) is 0 Å². The topological polar surface area (TPSA) is 35.2 Å². The van der Waals surface area contributed by atoms with Crippen LogP contribution in [0.2, 0.25) is 5.02 Å². The lowest BCUT2D eigenvalue weighted by Crippen LogP contribution is -2.35. The number of hydrogen-bond donors (Lipinski definition) is 1. The lowest BCUT2D eigenvalue weighted by Gasteiger charge is -2.34. The van der Waals surface area contributed by atoms with Gasteiger partial charge in [-0.05, 0) is 43.0 Å². The van der Waals surface area contributed by atoms with Crippen molar-refractivity contribution in [2.24, 2.45) is 11.7 Å². The molecule has 0 bridgehead atoms. The van der Waals surface area contributed by atoms with Crippen molar-refractivity contribution in [2.45, 2.75) is 25.6 Å². The molecule has 0 radical (unpaired) electrons. The molecule has 1 saturated carbocycles. The van der Waals surface area contributed by atoms with E-state index in [9.17, 15) is 0 Å². The lowest BCUT2D eigenvalue weighted by atomic mass is 9.82. The van der Waals surface area contributed by atoms with Crippen molar-refractivity contribution in [1.29, 1.82) is 0 Å². The normalized spacial score (nSPS) is 24.9. The molecule has 0 atom stereocenters. The fourth-order valence-electron chi connectivity index (χ4n) is 1.80. The highest BCUT2D eigenvalue weighted by atomic mass is 35.5. The van der Waals surface area contributed by atoms with E-state index in [1.165, 1.54) is 5.56 Å². The molecular formula is C12H16ClNO. The maximum Gasteiger partial charge on any atom is 0.0720 e. The van der Waals surface area contributed by atoms with E-state index in [0.29, 0.717) is 18.6 Å². The molecule has 2 nitrogen and oxygen atoms in total. The van der Waals surface area contributed by atoms with Crippen molar-refractivity contribution in [3.05, 3.63) is 34.9 Å². The van der Waals surface area contributed by atoms with Crippen LogP contribution in [0.5, 0.6) is 0 Å². The molecular weight excluding hydrogens is 210 g/mol. The minimum absolute atomic E-state index is 0.411. The van der Waals surface area contributed by atoms with Crippen molar-refractivity contribution < 1.29 is 4.74 Å². The van der Waals surface area contributed by atoms with Crippen LogP contribution in [0.15, 0.2) is 24.3 Å². The first-order chi connectivity index (χ1) is 7.28. The van der Waals surface area contributed by atoms with E-state index in [4.69, 9.17) is 22.1 Å². The van der Waals surface area contributed by atoms with E-state index >= 15 is 0 Å². The standard InChI is InChI=1S/C12H16ClNO/c13-11-3-1-9(2-4-11)8-15-12-5-10(6-12)7-14/h1-4,10,12H,5-8,14H2/t10-,12-. The summed E-state index contributed by atoms with van der Waals surface area (Å²) in [5.74, 6) is 0.681. The van der Waals surface area contributed by atoms with Crippen LogP contribution in [-0.4, -0.2) is 12.6 Å². The van der Waals surface area contributed by atoms with Crippen LogP contribution in [0, 0.1) is 5.92 Å². The summed E-state index contributed by atoms with van der Waals surface area (Å²) in [4.78, 5) is 0. The van der Waals surface area contributed by atoms with Gasteiger partial charge >= 0.3 is 0 Å². The Morgan fingerprint density at radius 1 is 1.27 bits per heavy atom. The van der Waals surface area contributed by atoms with Gasteiger partial charge in [-0.25, -0.2) is 0 Å². The Bertz CT molecular complexity index is 306. The Balaban J connectivity index is 1.72. The molecule has 1 aliphatic rings. The third-order valence-corrected chi connectivity index (χ3v) is 3.18. The van der Waals surface area contributed by atoms with Gasteiger partial charge in [0, 0.05) is 5.02 Å². The van der Waals surface area contributed by atoms with Gasteiger partial charge in [0.1, 0.15) is 0 Å². The molecule has 15 heavy (non-hydrogen) atoms. The Hall–Kier alpha value is -0.570. The van der Waals surface area contributed by atoms with Gasteiger partial charge in [-0.3, -0.25) is 0 Å². The van der Waals surface area contributed by atoms with Crippen molar-refractivity contribution in [3.8, 4) is 0 Å². The second kappa shape index (κ2) is 4.97. The smallest absolute Gasteiger partial charge is 0.0720 e. The van der Waals surface area contributed by atoms with Gasteiger partial charge in [-0.15, -0.1) is 0 Å². The zero-order valence-electron chi connectivity index (χ0n) is 8.66. The Labute approximate surface area is 95.4 Å². The fourth-order valence-corrected chi connectivity index (χ4v) is 1.92. The molecule has 1 aromatic rings. The lowest BCUT2D eigenvalue weighted by molar-refractivity contribution is -0.0375. The predicted octanol–water partition coefficient (Wildman–Crippen LogP) is 2.59. The number of halogens is 1. The molecule has 2 N–H and O–H groups in total. The Morgan fingerprint density at radius 2 is 1.93 bits per heavy atom. The zero-order chi connectivity index (χ0) is 10.7. The number of rotatable bonds is 4. The summed E-state index contributed by atoms with van der Waals surface area (Å²) < 4.78 is 5.74. The first-order valence-corrected chi connectivity index (χ1v) is 5.72.